The lowest BCUT2D eigenvalue weighted by Gasteiger charge is -2.11. The van der Waals surface area contributed by atoms with Crippen LogP contribution in [0, 0.1) is 27.7 Å². The molecule has 0 saturated heterocycles. The number of hydrogen-bond donors (Lipinski definition) is 1. The molecule has 0 spiro atoms. The fourth-order valence-electron chi connectivity index (χ4n) is 3.94. The van der Waals surface area contributed by atoms with Gasteiger partial charge in [-0.3, -0.25) is 4.79 Å². The molecule has 176 valence electrons. The summed E-state index contributed by atoms with van der Waals surface area (Å²) in [5.41, 5.74) is 5.88. The fraction of sp³-hybridized carbons (Fsp3) is 0.185. The van der Waals surface area contributed by atoms with E-state index in [1.54, 1.807) is 12.1 Å². The van der Waals surface area contributed by atoms with Crippen molar-refractivity contribution in [3.8, 4) is 11.6 Å². The Hall–Kier alpha value is -4.46. The maximum Gasteiger partial charge on any atom is 0.351 e. The summed E-state index contributed by atoms with van der Waals surface area (Å²) in [7, 11) is 0. The van der Waals surface area contributed by atoms with E-state index in [-0.39, 0.29) is 24.0 Å². The molecule has 0 bridgehead atoms. The van der Waals surface area contributed by atoms with Crippen molar-refractivity contribution < 1.29 is 9.53 Å². The second-order valence-electron chi connectivity index (χ2n) is 8.65. The Morgan fingerprint density at radius 2 is 1.74 bits per heavy atom. The van der Waals surface area contributed by atoms with Gasteiger partial charge in [0.2, 0.25) is 11.6 Å². The average Bonchev–Trinajstić information content (AvgIpc) is 3.15. The van der Waals surface area contributed by atoms with Gasteiger partial charge in [0, 0.05) is 5.69 Å². The van der Waals surface area contributed by atoms with Crippen LogP contribution in [0.15, 0.2) is 65.5 Å². The number of fused-ring (bicyclic) bond motifs is 3. The van der Waals surface area contributed by atoms with Crippen molar-refractivity contribution in [2.45, 2.75) is 34.2 Å². The lowest BCUT2D eigenvalue weighted by atomic mass is 10.1. The van der Waals surface area contributed by atoms with Gasteiger partial charge >= 0.3 is 5.69 Å². The molecular formula is C27H25N5O3. The minimum Gasteiger partial charge on any atom is -0.436 e. The molecule has 0 aliphatic carbocycles. The second kappa shape index (κ2) is 8.72. The predicted molar refractivity (Wildman–Crippen MR) is 135 cm³/mol. The van der Waals surface area contributed by atoms with Crippen molar-refractivity contribution in [2.24, 2.45) is 0 Å². The number of amides is 1. The molecule has 0 radical (unpaired) electrons. The summed E-state index contributed by atoms with van der Waals surface area (Å²) in [6.07, 6.45) is 0. The summed E-state index contributed by atoms with van der Waals surface area (Å²) >= 11 is 0. The average molecular weight is 468 g/mol. The molecule has 5 aromatic rings. The Morgan fingerprint density at radius 1 is 0.943 bits per heavy atom. The van der Waals surface area contributed by atoms with E-state index in [4.69, 9.17) is 4.74 Å². The van der Waals surface area contributed by atoms with Crippen molar-refractivity contribution in [3.05, 3.63) is 93.4 Å². The summed E-state index contributed by atoms with van der Waals surface area (Å²) in [5, 5.41) is 7.28. The van der Waals surface area contributed by atoms with E-state index in [2.05, 4.69) is 15.4 Å². The highest BCUT2D eigenvalue weighted by Crippen LogP contribution is 2.29. The van der Waals surface area contributed by atoms with Gasteiger partial charge in [0.05, 0.1) is 11.0 Å². The van der Waals surface area contributed by atoms with E-state index in [1.165, 1.54) is 4.40 Å². The highest BCUT2D eigenvalue weighted by Gasteiger charge is 2.19. The van der Waals surface area contributed by atoms with E-state index in [9.17, 15) is 9.59 Å². The zero-order chi connectivity index (χ0) is 24.7. The van der Waals surface area contributed by atoms with Gasteiger partial charge in [-0.2, -0.15) is 0 Å². The highest BCUT2D eigenvalue weighted by molar-refractivity contribution is 5.90. The monoisotopic (exact) mass is 467 g/mol. The fourth-order valence-corrected chi connectivity index (χ4v) is 3.94. The Labute approximate surface area is 201 Å². The summed E-state index contributed by atoms with van der Waals surface area (Å²) in [6, 6.07) is 18.7. The van der Waals surface area contributed by atoms with Crippen LogP contribution in [0.25, 0.3) is 16.7 Å². The van der Waals surface area contributed by atoms with Gasteiger partial charge < -0.3 is 10.1 Å². The number of ether oxygens (including phenoxy) is 1. The molecule has 1 amide bonds. The number of carbonyl (C=O) groups excluding carboxylic acids is 1. The predicted octanol–water partition coefficient (Wildman–Crippen LogP) is 4.71. The molecule has 0 atom stereocenters. The molecule has 2 heterocycles. The third-order valence-corrected chi connectivity index (χ3v) is 6.22. The molecule has 35 heavy (non-hydrogen) atoms. The number of rotatable bonds is 5. The van der Waals surface area contributed by atoms with Crippen molar-refractivity contribution in [1.29, 1.82) is 0 Å². The van der Waals surface area contributed by atoms with Gasteiger partial charge in [-0.1, -0.05) is 30.3 Å². The van der Waals surface area contributed by atoms with Crippen LogP contribution < -0.4 is 15.7 Å². The first-order valence-corrected chi connectivity index (χ1v) is 11.3. The highest BCUT2D eigenvalue weighted by atomic mass is 16.5. The smallest absolute Gasteiger partial charge is 0.351 e. The molecule has 8 heteroatoms. The van der Waals surface area contributed by atoms with Crippen LogP contribution in [0.1, 0.15) is 22.3 Å². The van der Waals surface area contributed by atoms with Crippen LogP contribution in [-0.2, 0) is 11.3 Å². The summed E-state index contributed by atoms with van der Waals surface area (Å²) in [4.78, 5) is 30.7. The summed E-state index contributed by atoms with van der Waals surface area (Å²) in [6.45, 7) is 7.70. The number of nitrogens with zero attached hydrogens (tertiary/aromatic N) is 4. The van der Waals surface area contributed by atoms with Gasteiger partial charge in [0.15, 0.2) is 0 Å². The minimum absolute atomic E-state index is 0.197. The lowest BCUT2D eigenvalue weighted by molar-refractivity contribution is -0.117. The van der Waals surface area contributed by atoms with Crippen LogP contribution in [0.3, 0.4) is 0 Å². The molecule has 8 nitrogen and oxygen atoms in total. The maximum absolute atomic E-state index is 13.4. The third kappa shape index (κ3) is 4.14. The quantitative estimate of drug-likeness (QED) is 0.404. The Bertz CT molecular complexity index is 1670. The molecular weight excluding hydrogens is 442 g/mol. The van der Waals surface area contributed by atoms with E-state index in [1.807, 2.05) is 76.2 Å². The Kier molecular flexibility index (Phi) is 5.56. The van der Waals surface area contributed by atoms with Crippen molar-refractivity contribution in [1.82, 2.24) is 19.2 Å². The van der Waals surface area contributed by atoms with Crippen LogP contribution in [0.5, 0.6) is 11.6 Å². The largest absolute Gasteiger partial charge is 0.436 e. The summed E-state index contributed by atoms with van der Waals surface area (Å²) < 4.78 is 8.73. The zero-order valence-electron chi connectivity index (χ0n) is 20.0. The molecule has 2 aromatic heterocycles. The zero-order valence-corrected chi connectivity index (χ0v) is 20.0. The van der Waals surface area contributed by atoms with E-state index in [0.29, 0.717) is 22.5 Å². The van der Waals surface area contributed by atoms with E-state index < -0.39 is 5.69 Å². The normalized spacial score (nSPS) is 11.2. The summed E-state index contributed by atoms with van der Waals surface area (Å²) in [5.74, 6) is 0.472. The minimum atomic E-state index is -0.445. The Morgan fingerprint density at radius 3 is 2.54 bits per heavy atom. The number of aromatic nitrogens is 4. The van der Waals surface area contributed by atoms with Crippen LogP contribution in [0.2, 0.25) is 0 Å². The third-order valence-electron chi connectivity index (χ3n) is 6.22. The number of nitrogens with one attached hydrogen (secondary N) is 1. The molecule has 0 aliphatic rings. The molecule has 5 rings (SSSR count). The number of aryl methyl sites for hydroxylation is 3. The number of hydrogen-bond acceptors (Lipinski definition) is 5. The number of carbonyl (C=O) groups is 1. The molecule has 3 aromatic carbocycles. The maximum atomic E-state index is 13.4. The molecule has 0 fully saturated rings. The Balaban J connectivity index is 1.56. The van der Waals surface area contributed by atoms with Crippen molar-refractivity contribution in [3.63, 3.8) is 0 Å². The molecule has 0 saturated carbocycles. The molecule has 0 unspecified atom stereocenters. The SMILES string of the molecule is Cc1ccc(NC(=O)Cn2nc3c(Oc4cccc(C)c4C)nc4ccccc4n3c2=O)cc1C. The van der Waals surface area contributed by atoms with Crippen LogP contribution >= 0.6 is 0 Å². The first-order valence-electron chi connectivity index (χ1n) is 11.3. The topological polar surface area (TPSA) is 90.5 Å². The van der Waals surface area contributed by atoms with Gasteiger partial charge in [-0.25, -0.2) is 18.9 Å². The van der Waals surface area contributed by atoms with Gasteiger partial charge in [-0.05, 0) is 80.3 Å². The van der Waals surface area contributed by atoms with Gasteiger partial charge in [0.25, 0.3) is 5.88 Å². The van der Waals surface area contributed by atoms with E-state index in [0.717, 1.165) is 26.9 Å². The number of para-hydroxylation sites is 2. The molecule has 1 N–H and O–H groups in total. The lowest BCUT2D eigenvalue weighted by Crippen LogP contribution is -2.28. The van der Waals surface area contributed by atoms with Gasteiger partial charge in [-0.15, -0.1) is 5.10 Å². The molecule has 0 aliphatic heterocycles. The van der Waals surface area contributed by atoms with Crippen molar-refractivity contribution >= 4 is 28.3 Å². The first kappa shape index (κ1) is 22.3. The number of anilines is 1. The second-order valence-corrected chi connectivity index (χ2v) is 8.65. The van der Waals surface area contributed by atoms with Crippen LogP contribution in [0.4, 0.5) is 5.69 Å². The van der Waals surface area contributed by atoms with Crippen molar-refractivity contribution in [2.75, 3.05) is 5.32 Å². The number of benzene rings is 3. The first-order chi connectivity index (χ1) is 16.8. The van der Waals surface area contributed by atoms with Crippen LogP contribution in [-0.4, -0.2) is 25.1 Å². The standard InChI is InChI=1S/C27H25N5O3/c1-16-12-13-20(14-18(16)3)28-24(33)15-31-27(34)32-22-10-6-5-9-21(22)29-26(25(32)30-31)35-23-11-7-8-17(2)19(23)4/h5-14H,15H2,1-4H3,(H,28,33). The van der Waals surface area contributed by atoms with E-state index >= 15 is 0 Å². The van der Waals surface area contributed by atoms with Gasteiger partial charge in [0.1, 0.15) is 12.3 Å².